The molecule has 3 N–H and O–H groups in total. The number of nitrogen functional groups attached to an aromatic ring is 1. The lowest BCUT2D eigenvalue weighted by Crippen LogP contribution is -2.49. The van der Waals surface area contributed by atoms with Crippen LogP contribution in [0.3, 0.4) is 0 Å². The largest absolute Gasteiger partial charge is 0.368 e. The smallest absolute Gasteiger partial charge is 0.270 e. The Bertz CT molecular complexity index is 759. The fourth-order valence-electron chi connectivity index (χ4n) is 2.94. The van der Waals surface area contributed by atoms with Gasteiger partial charge < -0.3 is 16.0 Å². The number of aromatic nitrogens is 4. The van der Waals surface area contributed by atoms with Crippen LogP contribution in [0.5, 0.6) is 0 Å². The molecule has 9 heteroatoms. The zero-order valence-electron chi connectivity index (χ0n) is 15.8. The quantitative estimate of drug-likeness (QED) is 0.757. The average molecular weight is 370 g/mol. The van der Waals surface area contributed by atoms with Crippen molar-refractivity contribution in [3.8, 4) is 0 Å². The third-order valence-electron chi connectivity index (χ3n) is 4.51. The van der Waals surface area contributed by atoms with Gasteiger partial charge in [0.1, 0.15) is 5.69 Å². The molecule has 1 fully saturated rings. The van der Waals surface area contributed by atoms with Crippen LogP contribution >= 0.6 is 0 Å². The summed E-state index contributed by atoms with van der Waals surface area (Å²) in [7, 11) is 0. The Labute approximate surface area is 159 Å². The number of piperazine rings is 1. The van der Waals surface area contributed by atoms with Gasteiger partial charge in [0.05, 0.1) is 0 Å². The molecule has 1 aliphatic heterocycles. The molecule has 1 aliphatic rings. The summed E-state index contributed by atoms with van der Waals surface area (Å²) in [6.07, 6.45) is 3.52. The van der Waals surface area contributed by atoms with E-state index in [0.717, 1.165) is 44.4 Å². The molecule has 0 unspecified atom stereocenters. The van der Waals surface area contributed by atoms with Gasteiger partial charge >= 0.3 is 0 Å². The fraction of sp³-hybridized carbons (Fsp3) is 0.500. The lowest BCUT2D eigenvalue weighted by Gasteiger charge is -2.34. The number of nitrogens with one attached hydrogen (secondary N) is 1. The van der Waals surface area contributed by atoms with E-state index in [0.29, 0.717) is 12.2 Å². The van der Waals surface area contributed by atoms with Crippen LogP contribution in [0.15, 0.2) is 24.5 Å². The second-order valence-corrected chi connectivity index (χ2v) is 6.82. The molecule has 0 spiro atoms. The van der Waals surface area contributed by atoms with Crippen LogP contribution in [-0.2, 0) is 0 Å². The van der Waals surface area contributed by atoms with Gasteiger partial charge in [0, 0.05) is 57.4 Å². The highest BCUT2D eigenvalue weighted by Gasteiger charge is 2.19. The van der Waals surface area contributed by atoms with E-state index in [4.69, 9.17) is 5.73 Å². The number of nitrogens with zero attached hydrogens (tertiary/aromatic N) is 6. The van der Waals surface area contributed by atoms with Gasteiger partial charge in [-0.1, -0.05) is 13.8 Å². The molecule has 0 aromatic carbocycles. The molecule has 1 amide bonds. The molecule has 3 heterocycles. The van der Waals surface area contributed by atoms with Crippen molar-refractivity contribution in [3.63, 3.8) is 0 Å². The van der Waals surface area contributed by atoms with Crippen LogP contribution < -0.4 is 16.0 Å². The van der Waals surface area contributed by atoms with Gasteiger partial charge in [-0.2, -0.15) is 0 Å². The average Bonchev–Trinajstić information content (AvgIpc) is 2.68. The maximum atomic E-state index is 12.4. The number of hydrogen-bond donors (Lipinski definition) is 2. The highest BCUT2D eigenvalue weighted by atomic mass is 16.1. The SMILES string of the molecule is CC(C)c1cc(C(=O)NCCN2CCN(c3ncccn3)CC2)nc(N)n1. The molecule has 0 atom stereocenters. The van der Waals surface area contributed by atoms with Crippen LogP contribution in [0, 0.1) is 0 Å². The summed E-state index contributed by atoms with van der Waals surface area (Å²) < 4.78 is 0. The normalized spacial score (nSPS) is 15.1. The third kappa shape index (κ3) is 5.10. The van der Waals surface area contributed by atoms with E-state index < -0.39 is 0 Å². The summed E-state index contributed by atoms with van der Waals surface area (Å²) in [5.41, 5.74) is 6.80. The van der Waals surface area contributed by atoms with Gasteiger partial charge in [-0.3, -0.25) is 9.69 Å². The lowest BCUT2D eigenvalue weighted by atomic mass is 10.1. The molecule has 1 saturated heterocycles. The standard InChI is InChI=1S/C18H26N8O/c1-13(2)14-12-15(24-17(19)23-14)16(27)20-6-7-25-8-10-26(11-9-25)18-21-4-3-5-22-18/h3-5,12-13H,6-11H2,1-2H3,(H,20,27)(H2,19,23,24). The topological polar surface area (TPSA) is 113 Å². The number of anilines is 2. The summed E-state index contributed by atoms with van der Waals surface area (Å²) in [4.78, 5) is 33.6. The van der Waals surface area contributed by atoms with Gasteiger partial charge in [0.2, 0.25) is 11.9 Å². The molecular formula is C18H26N8O. The molecule has 2 aromatic rings. The summed E-state index contributed by atoms with van der Waals surface area (Å²) >= 11 is 0. The van der Waals surface area contributed by atoms with Crippen LogP contribution in [0.1, 0.15) is 35.9 Å². The second-order valence-electron chi connectivity index (χ2n) is 6.82. The molecule has 144 valence electrons. The van der Waals surface area contributed by atoms with E-state index in [1.165, 1.54) is 0 Å². The number of amides is 1. The Morgan fingerprint density at radius 3 is 2.56 bits per heavy atom. The van der Waals surface area contributed by atoms with Crippen LogP contribution in [0.4, 0.5) is 11.9 Å². The fourth-order valence-corrected chi connectivity index (χ4v) is 2.94. The highest BCUT2D eigenvalue weighted by Crippen LogP contribution is 2.13. The van der Waals surface area contributed by atoms with Crippen LogP contribution in [0.25, 0.3) is 0 Å². The van der Waals surface area contributed by atoms with E-state index in [-0.39, 0.29) is 17.8 Å². The van der Waals surface area contributed by atoms with Crippen molar-refractivity contribution >= 4 is 17.8 Å². The minimum atomic E-state index is -0.220. The number of rotatable bonds is 6. The maximum Gasteiger partial charge on any atom is 0.270 e. The van der Waals surface area contributed by atoms with Crippen LogP contribution in [0.2, 0.25) is 0 Å². The molecule has 0 bridgehead atoms. The Morgan fingerprint density at radius 1 is 1.19 bits per heavy atom. The van der Waals surface area contributed by atoms with Crippen LogP contribution in [-0.4, -0.2) is 70.0 Å². The number of carbonyl (C=O) groups is 1. The van der Waals surface area contributed by atoms with Crippen molar-refractivity contribution in [2.45, 2.75) is 19.8 Å². The number of nitrogens with two attached hydrogens (primary N) is 1. The first-order valence-corrected chi connectivity index (χ1v) is 9.20. The zero-order chi connectivity index (χ0) is 19.2. The molecule has 3 rings (SSSR count). The predicted octanol–water partition coefficient (Wildman–Crippen LogP) is 0.524. The highest BCUT2D eigenvalue weighted by molar-refractivity contribution is 5.92. The van der Waals surface area contributed by atoms with Gasteiger partial charge in [-0.05, 0) is 18.1 Å². The Balaban J connectivity index is 1.45. The first-order valence-electron chi connectivity index (χ1n) is 9.20. The maximum absolute atomic E-state index is 12.4. The molecule has 2 aromatic heterocycles. The molecular weight excluding hydrogens is 344 g/mol. The molecule has 0 aliphatic carbocycles. The minimum Gasteiger partial charge on any atom is -0.368 e. The minimum absolute atomic E-state index is 0.130. The first-order chi connectivity index (χ1) is 13.0. The molecule has 0 saturated carbocycles. The van der Waals surface area contributed by atoms with E-state index in [1.54, 1.807) is 18.5 Å². The lowest BCUT2D eigenvalue weighted by molar-refractivity contribution is 0.0942. The monoisotopic (exact) mass is 370 g/mol. The van der Waals surface area contributed by atoms with Crippen molar-refractivity contribution in [2.75, 3.05) is 49.9 Å². The Morgan fingerprint density at radius 2 is 1.89 bits per heavy atom. The molecule has 0 radical (unpaired) electrons. The van der Waals surface area contributed by atoms with E-state index in [1.807, 2.05) is 19.9 Å². The van der Waals surface area contributed by atoms with Crippen molar-refractivity contribution in [3.05, 3.63) is 35.9 Å². The van der Waals surface area contributed by atoms with Crippen molar-refractivity contribution < 1.29 is 4.79 Å². The predicted molar refractivity (Wildman–Crippen MR) is 104 cm³/mol. The summed E-state index contributed by atoms with van der Waals surface area (Å²) in [6.45, 7) is 8.91. The van der Waals surface area contributed by atoms with Gasteiger partial charge in [-0.15, -0.1) is 0 Å². The summed E-state index contributed by atoms with van der Waals surface area (Å²) in [5.74, 6) is 0.868. The third-order valence-corrected chi connectivity index (χ3v) is 4.51. The number of carbonyl (C=O) groups excluding carboxylic acids is 1. The van der Waals surface area contributed by atoms with E-state index in [9.17, 15) is 4.79 Å². The van der Waals surface area contributed by atoms with Gasteiger partial charge in [0.25, 0.3) is 5.91 Å². The second kappa shape index (κ2) is 8.72. The molecule has 9 nitrogen and oxygen atoms in total. The van der Waals surface area contributed by atoms with Gasteiger partial charge in [0.15, 0.2) is 0 Å². The summed E-state index contributed by atoms with van der Waals surface area (Å²) in [6, 6.07) is 3.52. The number of hydrogen-bond acceptors (Lipinski definition) is 8. The van der Waals surface area contributed by atoms with E-state index >= 15 is 0 Å². The zero-order valence-corrected chi connectivity index (χ0v) is 15.8. The van der Waals surface area contributed by atoms with Gasteiger partial charge in [-0.25, -0.2) is 19.9 Å². The van der Waals surface area contributed by atoms with E-state index in [2.05, 4.69) is 35.1 Å². The Hall–Kier alpha value is -2.81. The van der Waals surface area contributed by atoms with Crippen molar-refractivity contribution in [1.29, 1.82) is 0 Å². The summed E-state index contributed by atoms with van der Waals surface area (Å²) in [5, 5.41) is 2.92. The first kappa shape index (κ1) is 19.0. The van der Waals surface area contributed by atoms with Crippen molar-refractivity contribution in [2.24, 2.45) is 0 Å². The molecule has 27 heavy (non-hydrogen) atoms. The Kier molecular flexibility index (Phi) is 6.12. The van der Waals surface area contributed by atoms with Crippen molar-refractivity contribution in [1.82, 2.24) is 30.2 Å².